The fourth-order valence-corrected chi connectivity index (χ4v) is 0. The SMILES string of the molecule is CC(C)C=O.[SnH2]. The summed E-state index contributed by atoms with van der Waals surface area (Å²) in [4.78, 5) is 9.50. The molecule has 0 heterocycles. The molecule has 0 aliphatic rings. The zero-order chi connectivity index (χ0) is 4.28. The number of aldehydes is 1. The van der Waals surface area contributed by atoms with E-state index in [2.05, 4.69) is 0 Å². The number of carbonyl (C=O) groups excluding carboxylic acids is 1. The molecule has 2 heteroatoms. The Balaban J connectivity index is 0. The molecule has 1 nitrogen and oxygen atoms in total. The molecule has 0 unspecified atom stereocenters. The Morgan fingerprint density at radius 1 is 1.50 bits per heavy atom. The first-order chi connectivity index (χ1) is 2.27. The van der Waals surface area contributed by atoms with Gasteiger partial charge in [0.2, 0.25) is 0 Å². The third kappa shape index (κ3) is 8.82. The molecule has 36 valence electrons. The van der Waals surface area contributed by atoms with Gasteiger partial charge in [-0.15, -0.1) is 0 Å². The molecule has 0 rings (SSSR count). The van der Waals surface area contributed by atoms with Crippen LogP contribution in [0.15, 0.2) is 0 Å². The maximum absolute atomic E-state index is 9.50. The quantitative estimate of drug-likeness (QED) is 0.420. The molecule has 0 aliphatic heterocycles. The van der Waals surface area contributed by atoms with E-state index in [1.165, 1.54) is 0 Å². The Labute approximate surface area is 55.1 Å². The predicted octanol–water partition coefficient (Wildman–Crippen LogP) is -0.0749. The van der Waals surface area contributed by atoms with Crippen LogP contribution in [0, 0.1) is 5.92 Å². The van der Waals surface area contributed by atoms with Gasteiger partial charge in [-0.1, -0.05) is 13.8 Å². The van der Waals surface area contributed by atoms with E-state index in [0.717, 1.165) is 6.29 Å². The van der Waals surface area contributed by atoms with E-state index in [-0.39, 0.29) is 29.8 Å². The van der Waals surface area contributed by atoms with Gasteiger partial charge in [0.1, 0.15) is 6.29 Å². The van der Waals surface area contributed by atoms with Gasteiger partial charge in [-0.3, -0.25) is 0 Å². The van der Waals surface area contributed by atoms with Crippen molar-refractivity contribution in [3.05, 3.63) is 0 Å². The van der Waals surface area contributed by atoms with Crippen molar-refractivity contribution in [2.45, 2.75) is 13.8 Å². The van der Waals surface area contributed by atoms with Gasteiger partial charge in [0.15, 0.2) is 0 Å². The summed E-state index contributed by atoms with van der Waals surface area (Å²) in [6.07, 6.45) is 0.917. The average molecular weight is 193 g/mol. The molecule has 0 fully saturated rings. The van der Waals surface area contributed by atoms with Crippen LogP contribution in [0.4, 0.5) is 0 Å². The summed E-state index contributed by atoms with van der Waals surface area (Å²) in [6, 6.07) is 0. The Hall–Kier alpha value is 0.469. The van der Waals surface area contributed by atoms with Crippen molar-refractivity contribution in [3.8, 4) is 0 Å². The number of rotatable bonds is 1. The van der Waals surface area contributed by atoms with Gasteiger partial charge >= 0.3 is 23.9 Å². The first-order valence-electron chi connectivity index (χ1n) is 1.72. The van der Waals surface area contributed by atoms with Gasteiger partial charge in [0, 0.05) is 5.92 Å². The molecule has 0 saturated carbocycles. The Bertz CT molecular complexity index is 34.5. The zero-order valence-electron chi connectivity index (χ0n) is 4.27. The molecule has 0 saturated heterocycles. The molecule has 0 aliphatic carbocycles. The Morgan fingerprint density at radius 2 is 1.67 bits per heavy atom. The summed E-state index contributed by atoms with van der Waals surface area (Å²) in [5.74, 6) is 0.204. The van der Waals surface area contributed by atoms with Crippen LogP contribution in [-0.4, -0.2) is 30.2 Å². The molecular formula is C4H10OSn. The van der Waals surface area contributed by atoms with Gasteiger partial charge in [0.25, 0.3) is 0 Å². The normalized spacial score (nSPS) is 7.17. The molecule has 0 aromatic carbocycles. The Morgan fingerprint density at radius 3 is 1.67 bits per heavy atom. The molecule has 0 N–H and O–H groups in total. The van der Waals surface area contributed by atoms with Crippen molar-refractivity contribution in [1.82, 2.24) is 0 Å². The van der Waals surface area contributed by atoms with E-state index < -0.39 is 0 Å². The van der Waals surface area contributed by atoms with E-state index in [9.17, 15) is 4.79 Å². The van der Waals surface area contributed by atoms with Crippen molar-refractivity contribution in [1.29, 1.82) is 0 Å². The topological polar surface area (TPSA) is 17.1 Å². The summed E-state index contributed by atoms with van der Waals surface area (Å²) in [5.41, 5.74) is 0. The molecule has 6 heavy (non-hydrogen) atoms. The van der Waals surface area contributed by atoms with Crippen LogP contribution in [0.25, 0.3) is 0 Å². The standard InChI is InChI=1S/C4H8O.Sn.2H/c1-4(2)3-5;;;/h3-4H,1-2H3;;;. The van der Waals surface area contributed by atoms with Gasteiger partial charge in [-0.05, 0) is 0 Å². The molecule has 0 spiro atoms. The zero-order valence-corrected chi connectivity index (χ0v) is 8.31. The molecule has 0 bridgehead atoms. The molecule has 0 aromatic rings. The second kappa shape index (κ2) is 5.47. The Kier molecular flexibility index (Phi) is 8.83. The molecule has 0 aromatic heterocycles. The van der Waals surface area contributed by atoms with Crippen LogP contribution in [0.5, 0.6) is 0 Å². The van der Waals surface area contributed by atoms with E-state index in [1.54, 1.807) is 0 Å². The molecular weight excluding hydrogens is 183 g/mol. The molecule has 0 amide bonds. The monoisotopic (exact) mass is 194 g/mol. The minimum absolute atomic E-state index is 0. The second-order valence-corrected chi connectivity index (χ2v) is 1.38. The van der Waals surface area contributed by atoms with Gasteiger partial charge in [0.05, 0.1) is 0 Å². The summed E-state index contributed by atoms with van der Waals surface area (Å²) in [6.45, 7) is 3.71. The average Bonchev–Trinajstić information content (AvgIpc) is 1.38. The van der Waals surface area contributed by atoms with Crippen LogP contribution in [0.3, 0.4) is 0 Å². The minimum atomic E-state index is 0. The van der Waals surface area contributed by atoms with Gasteiger partial charge < -0.3 is 4.79 Å². The number of carbonyl (C=O) groups is 1. The van der Waals surface area contributed by atoms with Crippen LogP contribution >= 0.6 is 0 Å². The van der Waals surface area contributed by atoms with Gasteiger partial charge in [-0.2, -0.15) is 0 Å². The molecule has 2 radical (unpaired) electrons. The van der Waals surface area contributed by atoms with Crippen molar-refractivity contribution in [3.63, 3.8) is 0 Å². The van der Waals surface area contributed by atoms with Crippen molar-refractivity contribution in [2.24, 2.45) is 5.92 Å². The predicted molar refractivity (Wildman–Crippen MR) is 29.4 cm³/mol. The van der Waals surface area contributed by atoms with Crippen molar-refractivity contribution >= 4 is 30.2 Å². The van der Waals surface area contributed by atoms with Crippen LogP contribution in [0.1, 0.15) is 13.8 Å². The maximum atomic E-state index is 9.50. The second-order valence-electron chi connectivity index (χ2n) is 1.38. The van der Waals surface area contributed by atoms with Gasteiger partial charge in [-0.25, -0.2) is 0 Å². The van der Waals surface area contributed by atoms with E-state index in [4.69, 9.17) is 0 Å². The number of hydrogen-bond donors (Lipinski definition) is 0. The summed E-state index contributed by atoms with van der Waals surface area (Å²) in [7, 11) is 0. The summed E-state index contributed by atoms with van der Waals surface area (Å²) < 4.78 is 0. The molecule has 0 atom stereocenters. The van der Waals surface area contributed by atoms with E-state index in [0.29, 0.717) is 0 Å². The van der Waals surface area contributed by atoms with E-state index in [1.807, 2.05) is 13.8 Å². The van der Waals surface area contributed by atoms with Crippen LogP contribution < -0.4 is 0 Å². The fourth-order valence-electron chi connectivity index (χ4n) is 0. The van der Waals surface area contributed by atoms with Crippen LogP contribution in [-0.2, 0) is 4.79 Å². The van der Waals surface area contributed by atoms with E-state index >= 15 is 0 Å². The van der Waals surface area contributed by atoms with Crippen LogP contribution in [0.2, 0.25) is 0 Å². The van der Waals surface area contributed by atoms with Crippen molar-refractivity contribution < 1.29 is 4.79 Å². The van der Waals surface area contributed by atoms with Crippen molar-refractivity contribution in [2.75, 3.05) is 0 Å². The third-order valence-electron chi connectivity index (χ3n) is 0.272. The number of hydrogen-bond acceptors (Lipinski definition) is 1. The first kappa shape index (κ1) is 9.69. The third-order valence-corrected chi connectivity index (χ3v) is 0.272. The summed E-state index contributed by atoms with van der Waals surface area (Å²) >= 11 is 0. The summed E-state index contributed by atoms with van der Waals surface area (Å²) in [5, 5.41) is 0. The fraction of sp³-hybridized carbons (Fsp3) is 0.750. The first-order valence-corrected chi connectivity index (χ1v) is 1.72.